The van der Waals surface area contributed by atoms with Gasteiger partial charge in [0, 0.05) is 54.6 Å². The highest BCUT2D eigenvalue weighted by atomic mass is 79.9. The van der Waals surface area contributed by atoms with E-state index in [1.54, 1.807) is 10.9 Å². The first-order valence-electron chi connectivity index (χ1n) is 10.2. The summed E-state index contributed by atoms with van der Waals surface area (Å²) in [7, 11) is 1.84. The molecule has 0 atom stereocenters. The molecule has 0 radical (unpaired) electrons. The first kappa shape index (κ1) is 22.3. The van der Waals surface area contributed by atoms with E-state index >= 15 is 0 Å². The average Bonchev–Trinajstić information content (AvgIpc) is 3.22. The summed E-state index contributed by atoms with van der Waals surface area (Å²) >= 11 is 4.77. The summed E-state index contributed by atoms with van der Waals surface area (Å²) in [6, 6.07) is 15.3. The van der Waals surface area contributed by atoms with Gasteiger partial charge >= 0.3 is 0 Å². The Morgan fingerprint density at radius 3 is 2.50 bits per heavy atom. The molecule has 0 unspecified atom stereocenters. The molecular weight excluding hydrogens is 492 g/mol. The normalized spacial score (nSPS) is 13.8. The van der Waals surface area contributed by atoms with Gasteiger partial charge in [0.15, 0.2) is 5.16 Å². The van der Waals surface area contributed by atoms with Crippen molar-refractivity contribution < 1.29 is 9.59 Å². The van der Waals surface area contributed by atoms with Gasteiger partial charge in [-0.1, -0.05) is 33.8 Å². The van der Waals surface area contributed by atoms with Crippen molar-refractivity contribution in [1.29, 1.82) is 0 Å². The number of aromatic nitrogens is 3. The van der Waals surface area contributed by atoms with Gasteiger partial charge in [0.1, 0.15) is 6.33 Å². The number of nitrogens with zero attached hydrogens (tertiary/aromatic N) is 5. The van der Waals surface area contributed by atoms with Crippen LogP contribution in [0.5, 0.6) is 0 Å². The van der Waals surface area contributed by atoms with Gasteiger partial charge < -0.3 is 19.7 Å². The fourth-order valence-corrected chi connectivity index (χ4v) is 4.55. The number of piperazine rings is 1. The van der Waals surface area contributed by atoms with Crippen molar-refractivity contribution in [3.63, 3.8) is 0 Å². The molecule has 2 aromatic carbocycles. The maximum atomic E-state index is 12.7. The Balaban J connectivity index is 1.27. The molecule has 1 aliphatic heterocycles. The van der Waals surface area contributed by atoms with Gasteiger partial charge in [-0.05, 0) is 42.5 Å². The van der Waals surface area contributed by atoms with Gasteiger partial charge in [-0.15, -0.1) is 10.2 Å². The molecule has 4 rings (SSSR count). The zero-order chi connectivity index (χ0) is 22.5. The average molecular weight is 515 g/mol. The number of benzene rings is 2. The lowest BCUT2D eigenvalue weighted by atomic mass is 10.1. The number of hydrogen-bond donors (Lipinski definition) is 1. The van der Waals surface area contributed by atoms with Gasteiger partial charge in [0.2, 0.25) is 5.91 Å². The quantitative estimate of drug-likeness (QED) is 0.508. The molecule has 0 spiro atoms. The standard InChI is InChI=1S/C22H23BrN6O2S/c1-27-15-24-26-22(27)32-14-20(30)25-18-5-7-19(8-6-18)28-9-11-29(12-10-28)21(31)16-3-2-4-17(23)13-16/h2-8,13,15H,9-12,14H2,1H3,(H,25,30). The van der Waals surface area contributed by atoms with Crippen LogP contribution in [-0.4, -0.2) is 63.4 Å². The number of aryl methyl sites for hydroxylation is 1. The van der Waals surface area contributed by atoms with E-state index in [2.05, 4.69) is 36.3 Å². The van der Waals surface area contributed by atoms with Crippen LogP contribution in [0.4, 0.5) is 11.4 Å². The second-order valence-electron chi connectivity index (χ2n) is 7.40. The molecule has 3 aromatic rings. The Bertz CT molecular complexity index is 1100. The molecule has 166 valence electrons. The maximum absolute atomic E-state index is 12.7. The number of nitrogens with one attached hydrogen (secondary N) is 1. The van der Waals surface area contributed by atoms with Crippen LogP contribution in [0.2, 0.25) is 0 Å². The Morgan fingerprint density at radius 1 is 1.09 bits per heavy atom. The molecule has 1 N–H and O–H groups in total. The second kappa shape index (κ2) is 10.2. The van der Waals surface area contributed by atoms with Crippen LogP contribution in [0.15, 0.2) is 64.5 Å². The summed E-state index contributed by atoms with van der Waals surface area (Å²) < 4.78 is 2.68. The lowest BCUT2D eigenvalue weighted by molar-refractivity contribution is -0.113. The van der Waals surface area contributed by atoms with Gasteiger partial charge in [0.25, 0.3) is 5.91 Å². The zero-order valence-electron chi connectivity index (χ0n) is 17.6. The molecule has 2 heterocycles. The van der Waals surface area contributed by atoms with E-state index in [1.807, 2.05) is 60.5 Å². The SMILES string of the molecule is Cn1cnnc1SCC(=O)Nc1ccc(N2CCN(C(=O)c3cccc(Br)c3)CC2)cc1. The molecule has 2 amide bonds. The van der Waals surface area contributed by atoms with E-state index in [4.69, 9.17) is 0 Å². The molecule has 32 heavy (non-hydrogen) atoms. The summed E-state index contributed by atoms with van der Waals surface area (Å²) in [5.41, 5.74) is 2.53. The summed E-state index contributed by atoms with van der Waals surface area (Å²) in [6.45, 7) is 2.87. The van der Waals surface area contributed by atoms with Crippen LogP contribution >= 0.6 is 27.7 Å². The van der Waals surface area contributed by atoms with Crippen molar-refractivity contribution in [2.24, 2.45) is 7.05 Å². The molecule has 1 saturated heterocycles. The molecule has 8 nitrogen and oxygen atoms in total. The zero-order valence-corrected chi connectivity index (χ0v) is 20.0. The summed E-state index contributed by atoms with van der Waals surface area (Å²) in [5, 5.41) is 11.4. The van der Waals surface area contributed by atoms with Gasteiger partial charge in [-0.25, -0.2) is 0 Å². The van der Waals surface area contributed by atoms with Crippen molar-refractivity contribution in [3.05, 3.63) is 64.9 Å². The highest BCUT2D eigenvalue weighted by molar-refractivity contribution is 9.10. The van der Waals surface area contributed by atoms with Gasteiger partial charge in [-0.3, -0.25) is 9.59 Å². The van der Waals surface area contributed by atoms with E-state index in [1.165, 1.54) is 11.8 Å². The minimum absolute atomic E-state index is 0.0585. The first-order chi connectivity index (χ1) is 15.5. The Morgan fingerprint density at radius 2 is 1.84 bits per heavy atom. The van der Waals surface area contributed by atoms with Crippen LogP contribution in [0.1, 0.15) is 10.4 Å². The molecule has 1 aliphatic rings. The van der Waals surface area contributed by atoms with Crippen molar-refractivity contribution in [2.45, 2.75) is 5.16 Å². The maximum Gasteiger partial charge on any atom is 0.254 e. The fourth-order valence-electron chi connectivity index (χ4n) is 3.46. The van der Waals surface area contributed by atoms with E-state index < -0.39 is 0 Å². The van der Waals surface area contributed by atoms with Crippen LogP contribution in [0, 0.1) is 0 Å². The number of thioether (sulfide) groups is 1. The smallest absolute Gasteiger partial charge is 0.254 e. The predicted molar refractivity (Wildman–Crippen MR) is 129 cm³/mol. The highest BCUT2D eigenvalue weighted by Crippen LogP contribution is 2.21. The number of anilines is 2. The third-order valence-electron chi connectivity index (χ3n) is 5.16. The molecule has 0 aliphatic carbocycles. The number of rotatable bonds is 6. The Kier molecular flexibility index (Phi) is 7.11. The highest BCUT2D eigenvalue weighted by Gasteiger charge is 2.22. The van der Waals surface area contributed by atoms with Crippen molar-refractivity contribution in [1.82, 2.24) is 19.7 Å². The third-order valence-corrected chi connectivity index (χ3v) is 6.68. The first-order valence-corrected chi connectivity index (χ1v) is 11.9. The molecule has 0 bridgehead atoms. The molecular formula is C22H23BrN6O2S. The number of hydrogen-bond acceptors (Lipinski definition) is 6. The predicted octanol–water partition coefficient (Wildman–Crippen LogP) is 3.27. The topological polar surface area (TPSA) is 83.4 Å². The second-order valence-corrected chi connectivity index (χ2v) is 9.26. The van der Waals surface area contributed by atoms with Crippen molar-refractivity contribution in [3.8, 4) is 0 Å². The monoisotopic (exact) mass is 514 g/mol. The number of carbonyl (C=O) groups is 2. The van der Waals surface area contributed by atoms with Crippen molar-refractivity contribution >= 4 is 50.9 Å². The lowest BCUT2D eigenvalue weighted by Crippen LogP contribution is -2.48. The van der Waals surface area contributed by atoms with E-state index in [0.717, 1.165) is 28.9 Å². The number of amides is 2. The van der Waals surface area contributed by atoms with Crippen LogP contribution in [0.3, 0.4) is 0 Å². The number of carbonyl (C=O) groups excluding carboxylic acids is 2. The fraction of sp³-hybridized carbons (Fsp3) is 0.273. The van der Waals surface area contributed by atoms with E-state index in [9.17, 15) is 9.59 Å². The van der Waals surface area contributed by atoms with Crippen molar-refractivity contribution in [2.75, 3.05) is 42.1 Å². The largest absolute Gasteiger partial charge is 0.368 e. The summed E-state index contributed by atoms with van der Waals surface area (Å²) in [4.78, 5) is 29.1. The van der Waals surface area contributed by atoms with E-state index in [-0.39, 0.29) is 17.6 Å². The molecule has 10 heteroatoms. The molecule has 0 saturated carbocycles. The Hall–Kier alpha value is -2.85. The number of halogens is 1. The summed E-state index contributed by atoms with van der Waals surface area (Å²) in [6.07, 6.45) is 1.61. The third kappa shape index (κ3) is 5.49. The minimum Gasteiger partial charge on any atom is -0.368 e. The Labute approximate surface area is 199 Å². The molecule has 1 aromatic heterocycles. The van der Waals surface area contributed by atoms with Crippen LogP contribution in [-0.2, 0) is 11.8 Å². The van der Waals surface area contributed by atoms with Crippen LogP contribution in [0.25, 0.3) is 0 Å². The van der Waals surface area contributed by atoms with Crippen LogP contribution < -0.4 is 10.2 Å². The van der Waals surface area contributed by atoms with E-state index in [0.29, 0.717) is 23.8 Å². The molecule has 1 fully saturated rings. The lowest BCUT2D eigenvalue weighted by Gasteiger charge is -2.36. The summed E-state index contributed by atoms with van der Waals surface area (Å²) in [5.74, 6) is 0.232. The van der Waals surface area contributed by atoms with Gasteiger partial charge in [-0.2, -0.15) is 0 Å². The van der Waals surface area contributed by atoms with Gasteiger partial charge in [0.05, 0.1) is 5.75 Å². The minimum atomic E-state index is -0.0922.